The van der Waals surface area contributed by atoms with Crippen LogP contribution in [0, 0.1) is 0 Å². The highest BCUT2D eigenvalue weighted by molar-refractivity contribution is 5.95. The van der Waals surface area contributed by atoms with Gasteiger partial charge in [0.1, 0.15) is 5.82 Å². The quantitative estimate of drug-likeness (QED) is 0.885. The second-order valence-electron chi connectivity index (χ2n) is 4.79. The molecule has 0 aliphatic carbocycles. The van der Waals surface area contributed by atoms with Gasteiger partial charge in [0.05, 0.1) is 11.7 Å². The number of hydrogen-bond acceptors (Lipinski definition) is 4. The molecule has 0 fully saturated rings. The summed E-state index contributed by atoms with van der Waals surface area (Å²) < 4.78 is 0. The Hall–Kier alpha value is -2.43. The van der Waals surface area contributed by atoms with E-state index in [0.29, 0.717) is 11.4 Å². The van der Waals surface area contributed by atoms with Gasteiger partial charge in [-0.2, -0.15) is 0 Å². The lowest BCUT2D eigenvalue weighted by Gasteiger charge is -2.14. The topological polar surface area (TPSA) is 66.9 Å². The zero-order valence-corrected chi connectivity index (χ0v) is 12.6. The van der Waals surface area contributed by atoms with Gasteiger partial charge in [0, 0.05) is 24.5 Å². The predicted octanol–water partition coefficient (Wildman–Crippen LogP) is 2.57. The van der Waals surface area contributed by atoms with Crippen molar-refractivity contribution in [2.24, 2.45) is 0 Å². The summed E-state index contributed by atoms with van der Waals surface area (Å²) in [7, 11) is 1.79. The van der Waals surface area contributed by atoms with Gasteiger partial charge >= 0.3 is 0 Å². The van der Waals surface area contributed by atoms with Crippen molar-refractivity contribution >= 4 is 11.7 Å². The number of nitrogens with zero attached hydrogens (tertiary/aromatic N) is 2. The number of amides is 1. The molecule has 5 nitrogen and oxygen atoms in total. The first-order valence-corrected chi connectivity index (χ1v) is 7.04. The number of aryl methyl sites for hydroxylation is 1. The second-order valence-corrected chi connectivity index (χ2v) is 4.79. The highest BCUT2D eigenvalue weighted by Gasteiger charge is 2.13. The fraction of sp³-hybridized carbons (Fsp3) is 0.312. The molecule has 0 saturated heterocycles. The summed E-state index contributed by atoms with van der Waals surface area (Å²) in [6.45, 7) is 3.93. The molecular formula is C16H20N4O. The third-order valence-electron chi connectivity index (χ3n) is 3.24. The molecule has 1 amide bonds. The molecule has 0 aromatic carbocycles. The van der Waals surface area contributed by atoms with Gasteiger partial charge < -0.3 is 10.6 Å². The minimum atomic E-state index is -0.144. The van der Waals surface area contributed by atoms with Crippen LogP contribution >= 0.6 is 0 Å². The molecule has 1 atom stereocenters. The number of carbonyl (C=O) groups is 1. The summed E-state index contributed by atoms with van der Waals surface area (Å²) in [6, 6.07) is 9.09. The minimum absolute atomic E-state index is 0.123. The van der Waals surface area contributed by atoms with Crippen LogP contribution in [0.2, 0.25) is 0 Å². The molecular weight excluding hydrogens is 264 g/mol. The number of rotatable bonds is 5. The standard InChI is InChI=1S/C16H20N4O/c1-4-13-9-12(10-15(17-3)20-13)16(21)19-11(2)14-7-5-6-8-18-14/h5-11H,4H2,1-3H3,(H,17,20)(H,19,21). The van der Waals surface area contributed by atoms with Crippen LogP contribution in [0.25, 0.3) is 0 Å². The Morgan fingerprint density at radius 2 is 2.14 bits per heavy atom. The normalized spacial score (nSPS) is 11.8. The molecule has 5 heteroatoms. The van der Waals surface area contributed by atoms with Crippen LogP contribution in [0.3, 0.4) is 0 Å². The van der Waals surface area contributed by atoms with Crippen molar-refractivity contribution in [3.05, 3.63) is 53.5 Å². The van der Waals surface area contributed by atoms with Crippen molar-refractivity contribution in [3.8, 4) is 0 Å². The maximum Gasteiger partial charge on any atom is 0.252 e. The highest BCUT2D eigenvalue weighted by Crippen LogP contribution is 2.13. The largest absolute Gasteiger partial charge is 0.373 e. The van der Waals surface area contributed by atoms with E-state index in [4.69, 9.17) is 0 Å². The average Bonchev–Trinajstić information content (AvgIpc) is 2.54. The lowest BCUT2D eigenvalue weighted by atomic mass is 10.1. The molecule has 0 bridgehead atoms. The van der Waals surface area contributed by atoms with Crippen LogP contribution in [0.4, 0.5) is 5.82 Å². The summed E-state index contributed by atoms with van der Waals surface area (Å²) in [5.74, 6) is 0.576. The molecule has 2 heterocycles. The van der Waals surface area contributed by atoms with Crippen molar-refractivity contribution in [1.29, 1.82) is 0 Å². The van der Waals surface area contributed by atoms with E-state index in [9.17, 15) is 4.79 Å². The first kappa shape index (κ1) is 15.0. The molecule has 2 N–H and O–H groups in total. The van der Waals surface area contributed by atoms with Gasteiger partial charge in [-0.25, -0.2) is 4.98 Å². The van der Waals surface area contributed by atoms with Crippen LogP contribution in [-0.4, -0.2) is 22.9 Å². The fourth-order valence-corrected chi connectivity index (χ4v) is 2.01. The van der Waals surface area contributed by atoms with Gasteiger partial charge in [-0.15, -0.1) is 0 Å². The number of carbonyl (C=O) groups excluding carboxylic acids is 1. The Balaban J connectivity index is 2.16. The summed E-state index contributed by atoms with van der Waals surface area (Å²) in [5.41, 5.74) is 2.33. The molecule has 21 heavy (non-hydrogen) atoms. The maximum atomic E-state index is 12.4. The van der Waals surface area contributed by atoms with Gasteiger partial charge in [0.2, 0.25) is 0 Å². The molecule has 2 rings (SSSR count). The van der Waals surface area contributed by atoms with Gasteiger partial charge in [0.25, 0.3) is 5.91 Å². The summed E-state index contributed by atoms with van der Waals surface area (Å²) in [5, 5.41) is 5.94. The van der Waals surface area contributed by atoms with Gasteiger partial charge in [-0.3, -0.25) is 9.78 Å². The number of aromatic nitrogens is 2. The molecule has 110 valence electrons. The summed E-state index contributed by atoms with van der Waals surface area (Å²) in [4.78, 5) is 21.0. The van der Waals surface area contributed by atoms with E-state index >= 15 is 0 Å². The molecule has 2 aromatic heterocycles. The zero-order valence-electron chi connectivity index (χ0n) is 12.6. The van der Waals surface area contributed by atoms with E-state index in [1.165, 1.54) is 0 Å². The van der Waals surface area contributed by atoms with E-state index < -0.39 is 0 Å². The summed E-state index contributed by atoms with van der Waals surface area (Å²) >= 11 is 0. The summed E-state index contributed by atoms with van der Waals surface area (Å²) in [6.07, 6.45) is 2.50. The van der Waals surface area contributed by atoms with Crippen molar-refractivity contribution in [3.63, 3.8) is 0 Å². The monoisotopic (exact) mass is 284 g/mol. The third-order valence-corrected chi connectivity index (χ3v) is 3.24. The lowest BCUT2D eigenvalue weighted by molar-refractivity contribution is 0.0939. The predicted molar refractivity (Wildman–Crippen MR) is 83.3 cm³/mol. The van der Waals surface area contributed by atoms with E-state index in [0.717, 1.165) is 17.8 Å². The lowest BCUT2D eigenvalue weighted by Crippen LogP contribution is -2.27. The Labute approximate surface area is 124 Å². The molecule has 0 radical (unpaired) electrons. The van der Waals surface area contributed by atoms with E-state index in [1.54, 1.807) is 19.3 Å². The Bertz CT molecular complexity index is 591. The highest BCUT2D eigenvalue weighted by atomic mass is 16.1. The van der Waals surface area contributed by atoms with E-state index in [1.807, 2.05) is 38.1 Å². The number of hydrogen-bond donors (Lipinski definition) is 2. The minimum Gasteiger partial charge on any atom is -0.373 e. The van der Waals surface area contributed by atoms with Crippen LogP contribution in [-0.2, 0) is 6.42 Å². The Morgan fingerprint density at radius 3 is 2.76 bits per heavy atom. The second kappa shape index (κ2) is 6.83. The number of nitrogens with one attached hydrogen (secondary N) is 2. The van der Waals surface area contributed by atoms with Crippen molar-refractivity contribution in [1.82, 2.24) is 15.3 Å². The number of anilines is 1. The van der Waals surface area contributed by atoms with Crippen LogP contribution in [0.15, 0.2) is 36.5 Å². The van der Waals surface area contributed by atoms with Crippen molar-refractivity contribution in [2.45, 2.75) is 26.3 Å². The van der Waals surface area contributed by atoms with Gasteiger partial charge in [-0.1, -0.05) is 13.0 Å². The van der Waals surface area contributed by atoms with Crippen LogP contribution < -0.4 is 10.6 Å². The van der Waals surface area contributed by atoms with E-state index in [2.05, 4.69) is 20.6 Å². The van der Waals surface area contributed by atoms with Crippen molar-refractivity contribution in [2.75, 3.05) is 12.4 Å². The van der Waals surface area contributed by atoms with Gasteiger partial charge in [0.15, 0.2) is 0 Å². The fourth-order valence-electron chi connectivity index (χ4n) is 2.01. The average molecular weight is 284 g/mol. The number of pyridine rings is 2. The molecule has 1 unspecified atom stereocenters. The third kappa shape index (κ3) is 3.78. The van der Waals surface area contributed by atoms with Crippen LogP contribution in [0.5, 0.6) is 0 Å². The Morgan fingerprint density at radius 1 is 1.33 bits per heavy atom. The molecule has 0 aliphatic rings. The zero-order chi connectivity index (χ0) is 15.2. The SMILES string of the molecule is CCc1cc(C(=O)NC(C)c2ccccn2)cc(NC)n1. The Kier molecular flexibility index (Phi) is 4.87. The first-order chi connectivity index (χ1) is 10.1. The molecule has 0 spiro atoms. The van der Waals surface area contributed by atoms with E-state index in [-0.39, 0.29) is 11.9 Å². The molecule has 0 saturated carbocycles. The van der Waals surface area contributed by atoms with Crippen molar-refractivity contribution < 1.29 is 4.79 Å². The first-order valence-electron chi connectivity index (χ1n) is 7.04. The molecule has 0 aliphatic heterocycles. The molecule has 2 aromatic rings. The van der Waals surface area contributed by atoms with Gasteiger partial charge in [-0.05, 0) is 37.6 Å². The smallest absolute Gasteiger partial charge is 0.252 e. The maximum absolute atomic E-state index is 12.4. The van der Waals surface area contributed by atoms with Crippen LogP contribution in [0.1, 0.15) is 41.6 Å².